The number of pyridine rings is 2. The standard InChI is InChI=1S/C12H11FN2OS2/c1-17-16-10-3-5-12(15-7-10)11-4-2-9(6-14-11)8-18-13/h2-7H,8H2,1H3. The molecule has 0 atom stereocenters. The molecular formula is C12H11FN2OS2. The van der Waals surface area contributed by atoms with Crippen LogP contribution < -0.4 is 4.18 Å². The van der Waals surface area contributed by atoms with E-state index in [1.807, 2.05) is 30.5 Å². The monoisotopic (exact) mass is 282 g/mol. The molecule has 6 heteroatoms. The van der Waals surface area contributed by atoms with Crippen LogP contribution in [0.2, 0.25) is 0 Å². The van der Waals surface area contributed by atoms with Gasteiger partial charge >= 0.3 is 0 Å². The molecule has 0 spiro atoms. The molecule has 0 fully saturated rings. The van der Waals surface area contributed by atoms with Gasteiger partial charge < -0.3 is 4.18 Å². The summed E-state index contributed by atoms with van der Waals surface area (Å²) in [7, 11) is 0. The number of halogens is 1. The fraction of sp³-hybridized carbons (Fsp3) is 0.167. The first-order valence-corrected chi connectivity index (χ1v) is 7.22. The highest BCUT2D eigenvalue weighted by atomic mass is 32.2. The minimum absolute atomic E-state index is 0.289. The average molecular weight is 282 g/mol. The van der Waals surface area contributed by atoms with Crippen molar-refractivity contribution in [3.63, 3.8) is 0 Å². The zero-order valence-electron chi connectivity index (χ0n) is 9.67. The van der Waals surface area contributed by atoms with E-state index in [9.17, 15) is 3.89 Å². The van der Waals surface area contributed by atoms with Crippen molar-refractivity contribution in [2.45, 2.75) is 5.75 Å². The minimum Gasteiger partial charge on any atom is -0.424 e. The molecule has 0 aliphatic rings. The average Bonchev–Trinajstić information content (AvgIpc) is 2.41. The lowest BCUT2D eigenvalue weighted by atomic mass is 10.2. The van der Waals surface area contributed by atoms with Gasteiger partial charge in [0.1, 0.15) is 0 Å². The van der Waals surface area contributed by atoms with Gasteiger partial charge in [-0.3, -0.25) is 9.97 Å². The van der Waals surface area contributed by atoms with Crippen LogP contribution in [-0.2, 0) is 5.75 Å². The van der Waals surface area contributed by atoms with Crippen molar-refractivity contribution in [2.24, 2.45) is 0 Å². The van der Waals surface area contributed by atoms with E-state index in [0.717, 1.165) is 17.0 Å². The third kappa shape index (κ3) is 3.36. The van der Waals surface area contributed by atoms with Gasteiger partial charge in [0.05, 0.1) is 35.4 Å². The molecule has 2 aromatic heterocycles. The summed E-state index contributed by atoms with van der Waals surface area (Å²) >= 11 is 1.56. The molecule has 2 heterocycles. The van der Waals surface area contributed by atoms with Crippen molar-refractivity contribution in [3.05, 3.63) is 42.2 Å². The maximum atomic E-state index is 12.1. The fourth-order valence-electron chi connectivity index (χ4n) is 1.40. The van der Waals surface area contributed by atoms with Crippen LogP contribution in [-0.4, -0.2) is 16.2 Å². The van der Waals surface area contributed by atoms with Gasteiger partial charge in [0.15, 0.2) is 5.75 Å². The molecule has 0 radical (unpaired) electrons. The Morgan fingerprint density at radius 2 is 1.83 bits per heavy atom. The Morgan fingerprint density at radius 1 is 1.11 bits per heavy atom. The summed E-state index contributed by atoms with van der Waals surface area (Å²) in [5.41, 5.74) is 2.38. The third-order valence-corrected chi connectivity index (χ3v) is 3.03. The van der Waals surface area contributed by atoms with Gasteiger partial charge in [0.2, 0.25) is 0 Å². The van der Waals surface area contributed by atoms with Gasteiger partial charge in [-0.05, 0) is 23.8 Å². The van der Waals surface area contributed by atoms with Crippen molar-refractivity contribution >= 4 is 24.2 Å². The number of hydrogen-bond acceptors (Lipinski definition) is 5. The molecule has 18 heavy (non-hydrogen) atoms. The van der Waals surface area contributed by atoms with Gasteiger partial charge in [0.25, 0.3) is 0 Å². The quantitative estimate of drug-likeness (QED) is 0.777. The first kappa shape index (κ1) is 13.2. The van der Waals surface area contributed by atoms with Crippen LogP contribution in [0.25, 0.3) is 11.4 Å². The lowest BCUT2D eigenvalue weighted by Crippen LogP contribution is -1.89. The van der Waals surface area contributed by atoms with Crippen LogP contribution in [0.5, 0.6) is 5.75 Å². The summed E-state index contributed by atoms with van der Waals surface area (Å²) in [6, 6.07) is 7.37. The van der Waals surface area contributed by atoms with E-state index >= 15 is 0 Å². The summed E-state index contributed by atoms with van der Waals surface area (Å²) in [5, 5.41) is 0. The van der Waals surface area contributed by atoms with Crippen molar-refractivity contribution in [1.82, 2.24) is 9.97 Å². The highest BCUT2D eigenvalue weighted by Crippen LogP contribution is 2.20. The van der Waals surface area contributed by atoms with Gasteiger partial charge in [-0.1, -0.05) is 6.07 Å². The van der Waals surface area contributed by atoms with E-state index in [1.165, 1.54) is 12.0 Å². The highest BCUT2D eigenvalue weighted by Gasteiger charge is 2.02. The molecule has 0 amide bonds. The Kier molecular flexibility index (Phi) is 4.83. The van der Waals surface area contributed by atoms with Crippen molar-refractivity contribution in [2.75, 3.05) is 6.26 Å². The van der Waals surface area contributed by atoms with E-state index < -0.39 is 0 Å². The fourth-order valence-corrected chi connectivity index (χ4v) is 1.99. The topological polar surface area (TPSA) is 35.0 Å². The van der Waals surface area contributed by atoms with Crippen molar-refractivity contribution in [1.29, 1.82) is 0 Å². The molecule has 0 saturated heterocycles. The SMILES string of the molecule is CSOc1ccc(-c2ccc(CSF)cn2)nc1. The molecular weight excluding hydrogens is 271 g/mol. The zero-order valence-corrected chi connectivity index (χ0v) is 11.3. The van der Waals surface area contributed by atoms with Crippen LogP contribution in [0.1, 0.15) is 5.56 Å². The number of nitrogens with zero attached hydrogens (tertiary/aromatic N) is 2. The molecule has 0 aromatic carbocycles. The first-order chi connectivity index (χ1) is 8.83. The predicted octanol–water partition coefficient (Wildman–Crippen LogP) is 3.92. The van der Waals surface area contributed by atoms with E-state index in [2.05, 4.69) is 9.97 Å². The predicted molar refractivity (Wildman–Crippen MR) is 74.0 cm³/mol. The summed E-state index contributed by atoms with van der Waals surface area (Å²) in [5.74, 6) is 1.03. The van der Waals surface area contributed by atoms with Gasteiger partial charge in [-0.2, -0.15) is 3.89 Å². The Hall–Kier alpha value is -1.27. The smallest absolute Gasteiger partial charge is 0.155 e. The van der Waals surface area contributed by atoms with Crippen LogP contribution >= 0.6 is 24.2 Å². The normalized spacial score (nSPS) is 10.3. The molecule has 2 rings (SSSR count). The van der Waals surface area contributed by atoms with Gasteiger partial charge in [-0.15, -0.1) is 0 Å². The molecule has 0 unspecified atom stereocenters. The van der Waals surface area contributed by atoms with Crippen LogP contribution in [0, 0.1) is 0 Å². The summed E-state index contributed by atoms with van der Waals surface area (Å²) in [6.07, 6.45) is 5.16. The van der Waals surface area contributed by atoms with Crippen molar-refractivity contribution < 1.29 is 8.07 Å². The van der Waals surface area contributed by atoms with E-state index in [4.69, 9.17) is 4.18 Å². The molecule has 3 nitrogen and oxygen atoms in total. The Balaban J connectivity index is 2.15. The van der Waals surface area contributed by atoms with E-state index in [-0.39, 0.29) is 12.1 Å². The second-order valence-electron chi connectivity index (χ2n) is 3.43. The first-order valence-electron chi connectivity index (χ1n) is 5.19. The maximum absolute atomic E-state index is 12.1. The number of hydrogen-bond donors (Lipinski definition) is 0. The molecule has 0 N–H and O–H groups in total. The Morgan fingerprint density at radius 3 is 2.33 bits per heavy atom. The van der Waals surface area contributed by atoms with E-state index in [1.54, 1.807) is 12.4 Å². The lowest BCUT2D eigenvalue weighted by Gasteiger charge is -2.03. The molecule has 0 saturated carbocycles. The maximum Gasteiger partial charge on any atom is 0.155 e. The largest absolute Gasteiger partial charge is 0.424 e. The van der Waals surface area contributed by atoms with Gasteiger partial charge in [-0.25, -0.2) is 0 Å². The molecule has 0 aliphatic carbocycles. The second-order valence-corrected chi connectivity index (χ2v) is 4.44. The lowest BCUT2D eigenvalue weighted by molar-refractivity contribution is 0.646. The molecule has 0 bridgehead atoms. The third-order valence-electron chi connectivity index (χ3n) is 2.22. The van der Waals surface area contributed by atoms with Crippen LogP contribution in [0.15, 0.2) is 36.7 Å². The molecule has 2 aromatic rings. The second kappa shape index (κ2) is 6.61. The Bertz CT molecular complexity index is 443. The minimum atomic E-state index is 0.289. The summed E-state index contributed by atoms with van der Waals surface area (Å²) < 4.78 is 17.3. The van der Waals surface area contributed by atoms with Gasteiger partial charge in [0, 0.05) is 24.6 Å². The van der Waals surface area contributed by atoms with Crippen LogP contribution in [0.4, 0.5) is 3.89 Å². The number of aromatic nitrogens is 2. The molecule has 94 valence electrons. The molecule has 0 aliphatic heterocycles. The van der Waals surface area contributed by atoms with Crippen LogP contribution in [0.3, 0.4) is 0 Å². The highest BCUT2D eigenvalue weighted by molar-refractivity contribution is 7.94. The summed E-state index contributed by atoms with van der Waals surface area (Å²) in [4.78, 5) is 8.52. The number of rotatable bonds is 5. The Labute approximate surface area is 114 Å². The van der Waals surface area contributed by atoms with E-state index in [0.29, 0.717) is 11.5 Å². The summed E-state index contributed by atoms with van der Waals surface area (Å²) in [6.45, 7) is 0. The zero-order chi connectivity index (χ0) is 12.8. The van der Waals surface area contributed by atoms with Crippen molar-refractivity contribution in [3.8, 4) is 17.1 Å².